The lowest BCUT2D eigenvalue weighted by Gasteiger charge is -2.60. The van der Waals surface area contributed by atoms with E-state index in [1.54, 1.807) is 6.08 Å². The van der Waals surface area contributed by atoms with Crippen molar-refractivity contribution in [1.29, 1.82) is 0 Å². The maximum absolute atomic E-state index is 13.3. The van der Waals surface area contributed by atoms with E-state index >= 15 is 0 Å². The Hall–Kier alpha value is -0.750. The van der Waals surface area contributed by atoms with Crippen molar-refractivity contribution in [1.82, 2.24) is 0 Å². The molecule has 12 unspecified atom stereocenters. The van der Waals surface area contributed by atoms with Gasteiger partial charge in [0.25, 0.3) is 0 Å². The minimum Gasteiger partial charge on any atom is -0.390 e. The number of aliphatic hydroxyl groups is 3. The quantitative estimate of drug-likeness (QED) is 0.554. The van der Waals surface area contributed by atoms with E-state index in [2.05, 4.69) is 41.5 Å². The van der Waals surface area contributed by atoms with Crippen LogP contribution in [0.15, 0.2) is 11.6 Å². The molecule has 0 radical (unpaired) electrons. The number of aliphatic hydroxyl groups excluding tert-OH is 2. The van der Waals surface area contributed by atoms with Crippen molar-refractivity contribution in [2.24, 2.45) is 46.3 Å². The Labute approximate surface area is 199 Å². The van der Waals surface area contributed by atoms with Crippen LogP contribution in [0.25, 0.3) is 0 Å². The van der Waals surface area contributed by atoms with E-state index < -0.39 is 23.2 Å². The highest BCUT2D eigenvalue weighted by atomic mass is 16.6. The van der Waals surface area contributed by atoms with Crippen molar-refractivity contribution in [2.45, 2.75) is 110 Å². The fourth-order valence-corrected chi connectivity index (χ4v) is 8.84. The van der Waals surface area contributed by atoms with E-state index in [1.165, 1.54) is 0 Å². The van der Waals surface area contributed by atoms with Gasteiger partial charge in [-0.15, -0.1) is 0 Å². The monoisotopic (exact) mass is 460 g/mol. The molecule has 0 aromatic carbocycles. The van der Waals surface area contributed by atoms with Gasteiger partial charge < -0.3 is 20.1 Å². The van der Waals surface area contributed by atoms with Gasteiger partial charge in [-0.3, -0.25) is 4.79 Å². The molecule has 12 atom stereocenters. The highest BCUT2D eigenvalue weighted by Gasteiger charge is 2.68. The van der Waals surface area contributed by atoms with E-state index in [0.29, 0.717) is 49.0 Å². The van der Waals surface area contributed by atoms with E-state index in [0.717, 1.165) is 24.8 Å². The van der Waals surface area contributed by atoms with Gasteiger partial charge in [0, 0.05) is 11.3 Å². The van der Waals surface area contributed by atoms with Crippen LogP contribution in [0.5, 0.6) is 0 Å². The molecule has 3 saturated carbocycles. The van der Waals surface area contributed by atoms with E-state index in [-0.39, 0.29) is 29.1 Å². The fraction of sp³-hybridized carbons (Fsp3) is 0.893. The van der Waals surface area contributed by atoms with Gasteiger partial charge in [0.2, 0.25) is 0 Å². The Bertz CT molecular complexity index is 851. The Morgan fingerprint density at radius 2 is 1.70 bits per heavy atom. The van der Waals surface area contributed by atoms with Gasteiger partial charge in [-0.05, 0) is 85.2 Å². The second kappa shape index (κ2) is 7.62. The third-order valence-corrected chi connectivity index (χ3v) is 11.5. The highest BCUT2D eigenvalue weighted by molar-refractivity contribution is 5.95. The maximum atomic E-state index is 13.3. The molecule has 0 aromatic rings. The first-order valence-electron chi connectivity index (χ1n) is 13.3. The average molecular weight is 461 g/mol. The smallest absolute Gasteiger partial charge is 0.159 e. The predicted molar refractivity (Wildman–Crippen MR) is 126 cm³/mol. The zero-order valence-corrected chi connectivity index (χ0v) is 21.3. The van der Waals surface area contributed by atoms with Crippen molar-refractivity contribution < 1.29 is 24.9 Å². The molecular formula is C28H44O5. The summed E-state index contributed by atoms with van der Waals surface area (Å²) in [6, 6.07) is 0. The van der Waals surface area contributed by atoms with Crippen LogP contribution < -0.4 is 0 Å². The molecule has 4 aliphatic carbocycles. The molecule has 5 aliphatic rings. The zero-order chi connectivity index (χ0) is 24.1. The fourth-order valence-electron chi connectivity index (χ4n) is 8.84. The second-order valence-electron chi connectivity index (χ2n) is 13.2. The predicted octanol–water partition coefficient (Wildman–Crippen LogP) is 3.89. The summed E-state index contributed by atoms with van der Waals surface area (Å²) in [5.41, 5.74) is -0.740. The van der Waals surface area contributed by atoms with Crippen LogP contribution in [0.4, 0.5) is 0 Å². The third-order valence-electron chi connectivity index (χ3n) is 11.5. The van der Waals surface area contributed by atoms with Gasteiger partial charge in [-0.1, -0.05) is 41.5 Å². The Kier molecular flexibility index (Phi) is 5.54. The third kappa shape index (κ3) is 3.21. The molecular weight excluding hydrogens is 416 g/mol. The molecule has 5 heteroatoms. The average Bonchev–Trinajstić information content (AvgIpc) is 3.48. The van der Waals surface area contributed by atoms with E-state index in [4.69, 9.17) is 4.74 Å². The van der Waals surface area contributed by atoms with Crippen LogP contribution in [-0.2, 0) is 9.53 Å². The second-order valence-corrected chi connectivity index (χ2v) is 13.2. The Morgan fingerprint density at radius 3 is 2.36 bits per heavy atom. The molecule has 5 rings (SSSR count). The summed E-state index contributed by atoms with van der Waals surface area (Å²) < 4.78 is 6.20. The summed E-state index contributed by atoms with van der Waals surface area (Å²) in [6.45, 7) is 13.5. The number of allylic oxidation sites excluding steroid dienone is 1. The number of epoxide rings is 1. The van der Waals surface area contributed by atoms with Crippen LogP contribution in [0.3, 0.4) is 0 Å². The van der Waals surface area contributed by atoms with E-state index in [1.807, 2.05) is 0 Å². The summed E-state index contributed by atoms with van der Waals surface area (Å²) in [5.74, 6) is 1.70. The minimum absolute atomic E-state index is 0.0280. The van der Waals surface area contributed by atoms with Crippen molar-refractivity contribution >= 4 is 5.78 Å². The number of hydrogen-bond acceptors (Lipinski definition) is 5. The number of fused-ring (bicyclic) bond motifs is 5. The highest BCUT2D eigenvalue weighted by Crippen LogP contribution is 2.68. The first kappa shape index (κ1) is 24.0. The maximum Gasteiger partial charge on any atom is 0.159 e. The van der Waals surface area contributed by atoms with Gasteiger partial charge in [0.1, 0.15) is 0 Å². The number of ketones is 1. The normalized spacial score (nSPS) is 53.1. The number of rotatable bonds is 4. The first-order chi connectivity index (χ1) is 15.3. The van der Waals surface area contributed by atoms with Gasteiger partial charge in [0.05, 0.1) is 30.0 Å². The van der Waals surface area contributed by atoms with Crippen LogP contribution in [0.1, 0.15) is 80.1 Å². The van der Waals surface area contributed by atoms with Gasteiger partial charge in [0.15, 0.2) is 5.78 Å². The standard InChI is InChI=1S/C28H44O5/c1-14(2)15(3)24-25(33-24)16(4)17-8-10-28(32)19-11-21(29)20-12-22(30)23(31)13-26(20,5)18(19)7-9-27(17,28)6/h11,14-18,20,22-25,30-32H,7-10,12-13H2,1-6H3. The summed E-state index contributed by atoms with van der Waals surface area (Å²) in [4.78, 5) is 13.3. The lowest BCUT2D eigenvalue weighted by atomic mass is 9.46. The molecule has 186 valence electrons. The molecule has 0 aromatic heterocycles. The summed E-state index contributed by atoms with van der Waals surface area (Å²) >= 11 is 0. The van der Waals surface area contributed by atoms with Gasteiger partial charge >= 0.3 is 0 Å². The van der Waals surface area contributed by atoms with Crippen molar-refractivity contribution in [3.63, 3.8) is 0 Å². The SMILES string of the molecule is CC(C)C(C)C1OC1C(C)C1CCC2(O)C3=CC(=O)C4CC(O)C(O)CC4(C)C3CCC12C. The summed E-state index contributed by atoms with van der Waals surface area (Å²) in [7, 11) is 0. The molecule has 1 saturated heterocycles. The number of ether oxygens (including phenoxy) is 1. The molecule has 33 heavy (non-hydrogen) atoms. The van der Waals surface area contributed by atoms with Crippen molar-refractivity contribution in [3.05, 3.63) is 11.6 Å². The Balaban J connectivity index is 1.44. The minimum atomic E-state index is -0.979. The van der Waals surface area contributed by atoms with Crippen LogP contribution >= 0.6 is 0 Å². The number of carbonyl (C=O) groups is 1. The van der Waals surface area contributed by atoms with Crippen LogP contribution in [0, 0.1) is 46.3 Å². The van der Waals surface area contributed by atoms with Crippen LogP contribution in [-0.4, -0.2) is 51.1 Å². The molecule has 0 bridgehead atoms. The molecule has 1 heterocycles. The van der Waals surface area contributed by atoms with Gasteiger partial charge in [-0.25, -0.2) is 0 Å². The molecule has 0 amide bonds. The largest absolute Gasteiger partial charge is 0.390 e. The Morgan fingerprint density at radius 1 is 1.00 bits per heavy atom. The summed E-state index contributed by atoms with van der Waals surface area (Å²) in [6.07, 6.45) is 4.93. The number of carbonyl (C=O) groups excluding carboxylic acids is 1. The first-order valence-corrected chi connectivity index (χ1v) is 13.3. The lowest BCUT2D eigenvalue weighted by molar-refractivity contribution is -0.153. The van der Waals surface area contributed by atoms with Gasteiger partial charge in [-0.2, -0.15) is 0 Å². The molecule has 1 aliphatic heterocycles. The number of hydrogen-bond donors (Lipinski definition) is 3. The lowest BCUT2D eigenvalue weighted by Crippen LogP contribution is -2.61. The summed E-state index contributed by atoms with van der Waals surface area (Å²) in [5, 5.41) is 33.1. The van der Waals surface area contributed by atoms with Crippen LogP contribution in [0.2, 0.25) is 0 Å². The zero-order valence-electron chi connectivity index (χ0n) is 21.3. The van der Waals surface area contributed by atoms with Crippen molar-refractivity contribution in [3.8, 4) is 0 Å². The van der Waals surface area contributed by atoms with Crippen molar-refractivity contribution in [2.75, 3.05) is 0 Å². The molecule has 0 spiro atoms. The topological polar surface area (TPSA) is 90.3 Å². The molecule has 3 N–H and O–H groups in total. The molecule has 4 fully saturated rings. The molecule has 5 nitrogen and oxygen atoms in total. The van der Waals surface area contributed by atoms with E-state index in [9.17, 15) is 20.1 Å².